The lowest BCUT2D eigenvalue weighted by molar-refractivity contribution is -0.125. The van der Waals surface area contributed by atoms with Gasteiger partial charge in [-0.1, -0.05) is 155 Å². The number of amides is 1. The Kier molecular flexibility index (Phi) is 27.9. The van der Waals surface area contributed by atoms with E-state index in [0.29, 0.717) is 12.8 Å². The highest BCUT2D eigenvalue weighted by Gasteiger charge is 2.21. The summed E-state index contributed by atoms with van der Waals surface area (Å²) in [6.07, 6.45) is 27.6. The first kappa shape index (κ1) is 36.4. The number of aliphatic hydroxyl groups excluding tert-OH is 3. The molecular weight excluding hydrogens is 462 g/mol. The molecule has 222 valence electrons. The van der Waals surface area contributed by atoms with Crippen LogP contribution in [0.3, 0.4) is 0 Å². The monoisotopic (exact) mass is 527 g/mol. The molecule has 5 heteroatoms. The summed E-state index contributed by atoms with van der Waals surface area (Å²) in [5, 5.41) is 33.0. The smallest absolute Gasteiger partial charge is 0.222 e. The minimum atomic E-state index is -0.739. The first-order valence-corrected chi connectivity index (χ1v) is 16.3. The number of hydrogen-bond donors (Lipinski definition) is 4. The van der Waals surface area contributed by atoms with Crippen LogP contribution in [-0.4, -0.2) is 46.1 Å². The molecule has 0 saturated carbocycles. The predicted molar refractivity (Wildman–Crippen MR) is 158 cm³/mol. The van der Waals surface area contributed by atoms with E-state index < -0.39 is 18.2 Å². The van der Waals surface area contributed by atoms with Gasteiger partial charge in [0.2, 0.25) is 5.91 Å². The van der Waals surface area contributed by atoms with Crippen molar-refractivity contribution in [2.45, 2.75) is 193 Å². The van der Waals surface area contributed by atoms with Gasteiger partial charge in [0, 0.05) is 0 Å². The van der Waals surface area contributed by atoms with Crippen LogP contribution in [0, 0.1) is 0 Å². The molecule has 5 nitrogen and oxygen atoms in total. The van der Waals surface area contributed by atoms with Gasteiger partial charge in [0.1, 0.15) is 0 Å². The molecule has 0 aliphatic heterocycles. The summed E-state index contributed by atoms with van der Waals surface area (Å²) >= 11 is 0. The third-order valence-corrected chi connectivity index (χ3v) is 7.67. The van der Waals surface area contributed by atoms with Gasteiger partial charge >= 0.3 is 0 Å². The number of carbonyl (C=O) groups is 1. The Morgan fingerprint density at radius 2 is 0.919 bits per heavy atom. The molecule has 3 atom stereocenters. The van der Waals surface area contributed by atoms with Crippen molar-refractivity contribution in [3.05, 3.63) is 0 Å². The van der Waals surface area contributed by atoms with E-state index in [4.69, 9.17) is 0 Å². The fourth-order valence-electron chi connectivity index (χ4n) is 5.11. The van der Waals surface area contributed by atoms with Crippen molar-refractivity contribution in [1.82, 2.24) is 5.32 Å². The second-order valence-corrected chi connectivity index (χ2v) is 11.4. The van der Waals surface area contributed by atoms with Crippen molar-refractivity contribution >= 4 is 5.91 Å². The molecule has 0 fully saturated rings. The Morgan fingerprint density at radius 3 is 1.30 bits per heavy atom. The van der Waals surface area contributed by atoms with E-state index in [1.54, 1.807) is 0 Å². The normalized spacial score (nSPS) is 14.0. The van der Waals surface area contributed by atoms with Gasteiger partial charge in [-0.25, -0.2) is 0 Å². The molecule has 0 heterocycles. The number of hydrogen-bond acceptors (Lipinski definition) is 4. The second-order valence-electron chi connectivity index (χ2n) is 11.4. The summed E-state index contributed by atoms with van der Waals surface area (Å²) in [5.41, 5.74) is 0. The molecule has 0 aliphatic carbocycles. The van der Waals surface area contributed by atoms with Crippen molar-refractivity contribution in [2.24, 2.45) is 0 Å². The Bertz CT molecular complexity index is 474. The Labute approximate surface area is 230 Å². The average Bonchev–Trinajstić information content (AvgIpc) is 2.88. The summed E-state index contributed by atoms with van der Waals surface area (Å²) in [6, 6.07) is -0.648. The van der Waals surface area contributed by atoms with Crippen LogP contribution in [0.1, 0.15) is 174 Å². The number of carbonyl (C=O) groups excluding carboxylic acids is 1. The molecule has 0 aromatic rings. The van der Waals surface area contributed by atoms with Crippen LogP contribution in [0.15, 0.2) is 0 Å². The Hall–Kier alpha value is -0.650. The summed E-state index contributed by atoms with van der Waals surface area (Å²) in [7, 11) is 0. The van der Waals surface area contributed by atoms with E-state index in [-0.39, 0.29) is 18.9 Å². The van der Waals surface area contributed by atoms with Gasteiger partial charge in [0.25, 0.3) is 0 Å². The molecular formula is C32H65NO4. The van der Waals surface area contributed by atoms with Gasteiger partial charge in [0.15, 0.2) is 0 Å². The van der Waals surface area contributed by atoms with Crippen LogP contribution in [0.4, 0.5) is 0 Å². The third-order valence-electron chi connectivity index (χ3n) is 7.67. The van der Waals surface area contributed by atoms with Crippen LogP contribution >= 0.6 is 0 Å². The SMILES string of the molecule is CCCCCCCCCCCCCCC(O)CC(=O)NC(CO)C(O)CCCCCCCCCCCC. The maximum atomic E-state index is 12.3. The molecule has 1 amide bonds. The van der Waals surface area contributed by atoms with Gasteiger partial charge in [-0.15, -0.1) is 0 Å². The highest BCUT2D eigenvalue weighted by Crippen LogP contribution is 2.15. The van der Waals surface area contributed by atoms with Crippen molar-refractivity contribution in [3.63, 3.8) is 0 Å². The quantitative estimate of drug-likeness (QED) is 0.0742. The van der Waals surface area contributed by atoms with Crippen LogP contribution in [0.25, 0.3) is 0 Å². The number of rotatable bonds is 29. The fourth-order valence-corrected chi connectivity index (χ4v) is 5.11. The lowest BCUT2D eigenvalue weighted by Crippen LogP contribution is -2.46. The first-order chi connectivity index (χ1) is 18.0. The molecule has 3 unspecified atom stereocenters. The van der Waals surface area contributed by atoms with Gasteiger partial charge in [-0.3, -0.25) is 4.79 Å². The van der Waals surface area contributed by atoms with E-state index in [0.717, 1.165) is 25.7 Å². The largest absolute Gasteiger partial charge is 0.394 e. The Morgan fingerprint density at radius 1 is 0.568 bits per heavy atom. The van der Waals surface area contributed by atoms with Gasteiger partial charge in [-0.05, 0) is 12.8 Å². The van der Waals surface area contributed by atoms with E-state index in [2.05, 4.69) is 19.2 Å². The zero-order valence-electron chi connectivity index (χ0n) is 24.9. The molecule has 4 N–H and O–H groups in total. The third kappa shape index (κ3) is 25.4. The molecule has 0 bridgehead atoms. The van der Waals surface area contributed by atoms with Gasteiger partial charge in [-0.2, -0.15) is 0 Å². The fraction of sp³-hybridized carbons (Fsp3) is 0.969. The summed E-state index contributed by atoms with van der Waals surface area (Å²) in [5.74, 6) is -0.285. The zero-order chi connectivity index (χ0) is 27.4. The second kappa shape index (κ2) is 28.4. The van der Waals surface area contributed by atoms with Crippen molar-refractivity contribution in [2.75, 3.05) is 6.61 Å². The number of nitrogens with one attached hydrogen (secondary N) is 1. The molecule has 0 radical (unpaired) electrons. The van der Waals surface area contributed by atoms with Gasteiger partial charge < -0.3 is 20.6 Å². The molecule has 0 aromatic carbocycles. The van der Waals surface area contributed by atoms with Crippen LogP contribution in [-0.2, 0) is 4.79 Å². The minimum Gasteiger partial charge on any atom is -0.394 e. The average molecular weight is 528 g/mol. The number of aliphatic hydroxyl groups is 3. The summed E-state index contributed by atoms with van der Waals surface area (Å²) < 4.78 is 0. The molecule has 0 aliphatic rings. The minimum absolute atomic E-state index is 0.0412. The zero-order valence-corrected chi connectivity index (χ0v) is 24.9. The lowest BCUT2D eigenvalue weighted by Gasteiger charge is -2.23. The van der Waals surface area contributed by atoms with Crippen LogP contribution in [0.5, 0.6) is 0 Å². The molecule has 0 saturated heterocycles. The molecule has 0 aromatic heterocycles. The van der Waals surface area contributed by atoms with E-state index >= 15 is 0 Å². The lowest BCUT2D eigenvalue weighted by atomic mass is 10.0. The van der Waals surface area contributed by atoms with Crippen molar-refractivity contribution in [3.8, 4) is 0 Å². The first-order valence-electron chi connectivity index (χ1n) is 16.3. The van der Waals surface area contributed by atoms with E-state index in [1.165, 1.54) is 116 Å². The van der Waals surface area contributed by atoms with Crippen molar-refractivity contribution < 1.29 is 20.1 Å². The van der Waals surface area contributed by atoms with Crippen LogP contribution in [0.2, 0.25) is 0 Å². The van der Waals surface area contributed by atoms with E-state index in [9.17, 15) is 20.1 Å². The molecule has 37 heavy (non-hydrogen) atoms. The molecule has 0 rings (SSSR count). The highest BCUT2D eigenvalue weighted by molar-refractivity contribution is 5.76. The maximum absolute atomic E-state index is 12.3. The molecule has 0 spiro atoms. The predicted octanol–water partition coefficient (Wildman–Crippen LogP) is 7.98. The Balaban J connectivity index is 3.70. The standard InChI is InChI=1S/C32H65NO4/c1-3-5-7-9-11-13-15-16-17-19-21-23-25-29(35)27-32(37)33-30(28-34)31(36)26-24-22-20-18-14-12-10-8-6-4-2/h29-31,34-36H,3-28H2,1-2H3,(H,33,37). The number of unbranched alkanes of at least 4 members (excludes halogenated alkanes) is 20. The van der Waals surface area contributed by atoms with Gasteiger partial charge in [0.05, 0.1) is 31.3 Å². The topological polar surface area (TPSA) is 89.8 Å². The van der Waals surface area contributed by atoms with E-state index in [1.807, 2.05) is 0 Å². The van der Waals surface area contributed by atoms with Crippen LogP contribution < -0.4 is 5.32 Å². The summed E-state index contributed by atoms with van der Waals surface area (Å²) in [4.78, 5) is 12.3. The summed E-state index contributed by atoms with van der Waals surface area (Å²) in [6.45, 7) is 4.22. The maximum Gasteiger partial charge on any atom is 0.222 e. The highest BCUT2D eigenvalue weighted by atomic mass is 16.3. The van der Waals surface area contributed by atoms with Crippen molar-refractivity contribution in [1.29, 1.82) is 0 Å².